The summed E-state index contributed by atoms with van der Waals surface area (Å²) in [7, 11) is -6.80. The summed E-state index contributed by atoms with van der Waals surface area (Å²) in [6.07, 6.45) is -3.22. The van der Waals surface area contributed by atoms with Crippen molar-refractivity contribution in [3.05, 3.63) is 53.6 Å². The van der Waals surface area contributed by atoms with E-state index in [2.05, 4.69) is 20.3 Å². The fraction of sp³-hybridized carbons (Fsp3) is 0.125. The lowest BCUT2D eigenvalue weighted by molar-refractivity contribution is -0.137. The SMILES string of the molecule is C=S(C)(=O)Nc1ccc2c(c1)S(=O)(=O)N=C(c1cccc(C(F)(F)F)c1)N2. The minimum absolute atomic E-state index is 0.0180. The van der Waals surface area contributed by atoms with Gasteiger partial charge in [0.2, 0.25) is 0 Å². The van der Waals surface area contributed by atoms with Gasteiger partial charge in [-0.3, -0.25) is 0 Å². The van der Waals surface area contributed by atoms with Crippen molar-refractivity contribution in [2.75, 3.05) is 16.3 Å². The molecule has 144 valence electrons. The van der Waals surface area contributed by atoms with Crippen LogP contribution in [0.4, 0.5) is 24.5 Å². The van der Waals surface area contributed by atoms with Gasteiger partial charge in [0.25, 0.3) is 10.0 Å². The first-order valence-corrected chi connectivity index (χ1v) is 11.0. The number of nitrogens with zero attached hydrogens (tertiary/aromatic N) is 1. The number of rotatable bonds is 3. The summed E-state index contributed by atoms with van der Waals surface area (Å²) < 4.78 is 81.6. The van der Waals surface area contributed by atoms with Crippen LogP contribution < -0.4 is 10.0 Å². The van der Waals surface area contributed by atoms with Crippen molar-refractivity contribution in [3.63, 3.8) is 0 Å². The molecule has 3 rings (SSSR count). The predicted octanol–water partition coefficient (Wildman–Crippen LogP) is 2.94. The third-order valence-electron chi connectivity index (χ3n) is 3.52. The molecule has 0 fully saturated rings. The van der Waals surface area contributed by atoms with Crippen LogP contribution in [0.15, 0.2) is 51.8 Å². The number of nitrogens with one attached hydrogen (secondary N) is 2. The quantitative estimate of drug-likeness (QED) is 0.752. The van der Waals surface area contributed by atoms with E-state index in [1.165, 1.54) is 36.6 Å². The van der Waals surface area contributed by atoms with E-state index in [-0.39, 0.29) is 27.7 Å². The van der Waals surface area contributed by atoms with Crippen molar-refractivity contribution < 1.29 is 25.8 Å². The Bertz CT molecular complexity index is 1150. The number of amidine groups is 1. The van der Waals surface area contributed by atoms with Gasteiger partial charge in [0.1, 0.15) is 4.90 Å². The highest BCUT2D eigenvalue weighted by Gasteiger charge is 2.32. The molecule has 2 aromatic carbocycles. The Balaban J connectivity index is 2.04. The number of benzene rings is 2. The summed E-state index contributed by atoms with van der Waals surface area (Å²) >= 11 is 0. The standard InChI is InChI=1S/C16H14F3N3O3S2/c1-26(2,23)21-12-6-7-13-14(9-12)27(24,25)22-15(20-13)10-4-3-5-11(8-10)16(17,18)19/h3-9H,1H2,2H3,(H,20,22)(H,21,23). The largest absolute Gasteiger partial charge is 0.416 e. The lowest BCUT2D eigenvalue weighted by atomic mass is 10.1. The molecule has 0 spiro atoms. The van der Waals surface area contributed by atoms with E-state index in [1.807, 2.05) is 0 Å². The van der Waals surface area contributed by atoms with Gasteiger partial charge in [-0.2, -0.15) is 21.6 Å². The second-order valence-electron chi connectivity index (χ2n) is 5.94. The number of hydrogen-bond acceptors (Lipinski definition) is 4. The topological polar surface area (TPSA) is 87.6 Å². The Labute approximate surface area is 154 Å². The number of fused-ring (bicyclic) bond motifs is 1. The van der Waals surface area contributed by atoms with Crippen LogP contribution in [0.2, 0.25) is 0 Å². The number of alkyl halides is 3. The third-order valence-corrected chi connectivity index (χ3v) is 5.51. The highest BCUT2D eigenvalue weighted by Crippen LogP contribution is 2.33. The first kappa shape index (κ1) is 19.2. The van der Waals surface area contributed by atoms with Crippen LogP contribution in [0.1, 0.15) is 11.1 Å². The van der Waals surface area contributed by atoms with Gasteiger partial charge in [0.05, 0.1) is 11.3 Å². The van der Waals surface area contributed by atoms with E-state index in [9.17, 15) is 25.8 Å². The Hall–Kier alpha value is -2.53. The zero-order valence-corrected chi connectivity index (χ0v) is 15.5. The summed E-state index contributed by atoms with van der Waals surface area (Å²) in [5.41, 5.74) is -0.523. The van der Waals surface area contributed by atoms with Gasteiger partial charge in [-0.15, -0.1) is 4.40 Å². The molecule has 1 atom stereocenters. The van der Waals surface area contributed by atoms with Crippen LogP contribution in [0.3, 0.4) is 0 Å². The smallest absolute Gasteiger partial charge is 0.338 e. The molecule has 0 aromatic heterocycles. The second kappa shape index (κ2) is 6.27. The molecule has 11 heteroatoms. The van der Waals surface area contributed by atoms with Crippen molar-refractivity contribution in [2.24, 2.45) is 4.40 Å². The van der Waals surface area contributed by atoms with Crippen LogP contribution >= 0.6 is 0 Å². The molecule has 0 saturated carbocycles. The maximum atomic E-state index is 12.9. The number of hydrogen-bond donors (Lipinski definition) is 2. The first-order valence-electron chi connectivity index (χ1n) is 7.39. The maximum absolute atomic E-state index is 12.9. The summed E-state index contributed by atoms with van der Waals surface area (Å²) in [5, 5.41) is 2.73. The molecule has 0 saturated heterocycles. The monoisotopic (exact) mass is 417 g/mol. The predicted molar refractivity (Wildman–Crippen MR) is 100 cm³/mol. The highest BCUT2D eigenvalue weighted by atomic mass is 32.2. The lowest BCUT2D eigenvalue weighted by Gasteiger charge is -2.20. The molecule has 1 unspecified atom stereocenters. The Morgan fingerprint density at radius 1 is 1.19 bits per heavy atom. The summed E-state index contributed by atoms with van der Waals surface area (Å²) in [6, 6.07) is 8.31. The van der Waals surface area contributed by atoms with Gasteiger partial charge >= 0.3 is 6.18 Å². The molecule has 0 amide bonds. The molecule has 2 aromatic rings. The molecule has 1 aliphatic rings. The summed E-state index contributed by atoms with van der Waals surface area (Å²) in [5.74, 6) is 3.21. The van der Waals surface area contributed by atoms with Crippen LogP contribution in [0.25, 0.3) is 0 Å². The molecule has 1 heterocycles. The minimum Gasteiger partial charge on any atom is -0.338 e. The Kier molecular flexibility index (Phi) is 4.47. The van der Waals surface area contributed by atoms with Crippen LogP contribution in [-0.2, 0) is 25.9 Å². The van der Waals surface area contributed by atoms with E-state index >= 15 is 0 Å². The fourth-order valence-electron chi connectivity index (χ4n) is 2.44. The third kappa shape index (κ3) is 4.25. The van der Waals surface area contributed by atoms with E-state index in [4.69, 9.17) is 0 Å². The van der Waals surface area contributed by atoms with Gasteiger partial charge in [0.15, 0.2) is 5.84 Å². The van der Waals surface area contributed by atoms with Gasteiger partial charge < -0.3 is 10.0 Å². The van der Waals surface area contributed by atoms with E-state index in [1.54, 1.807) is 0 Å². The Morgan fingerprint density at radius 2 is 1.89 bits per heavy atom. The summed E-state index contributed by atoms with van der Waals surface area (Å²) in [4.78, 5) is -0.188. The molecule has 6 nitrogen and oxygen atoms in total. The zero-order valence-electron chi connectivity index (χ0n) is 13.9. The van der Waals surface area contributed by atoms with Crippen LogP contribution in [0, 0.1) is 0 Å². The zero-order chi connectivity index (χ0) is 20.0. The normalized spacial score (nSPS) is 17.9. The molecule has 2 N–H and O–H groups in total. The van der Waals surface area contributed by atoms with Crippen molar-refractivity contribution >= 4 is 42.8 Å². The minimum atomic E-state index is -4.57. The number of anilines is 2. The Morgan fingerprint density at radius 3 is 2.52 bits per heavy atom. The molecule has 27 heavy (non-hydrogen) atoms. The first-order chi connectivity index (χ1) is 12.4. The molecule has 0 bridgehead atoms. The van der Waals surface area contributed by atoms with Crippen molar-refractivity contribution in [1.29, 1.82) is 0 Å². The summed E-state index contributed by atoms with van der Waals surface area (Å²) in [6.45, 7) is 0. The van der Waals surface area contributed by atoms with Crippen molar-refractivity contribution in [3.8, 4) is 0 Å². The molecule has 0 radical (unpaired) electrons. The number of halogens is 3. The number of sulfonamides is 1. The maximum Gasteiger partial charge on any atom is 0.416 e. The van der Waals surface area contributed by atoms with Gasteiger partial charge in [0, 0.05) is 27.2 Å². The average Bonchev–Trinajstić information content (AvgIpc) is 2.53. The van der Waals surface area contributed by atoms with Crippen LogP contribution in [-0.4, -0.2) is 30.6 Å². The van der Waals surface area contributed by atoms with Crippen molar-refractivity contribution in [1.82, 2.24) is 0 Å². The van der Waals surface area contributed by atoms with Gasteiger partial charge in [-0.05, 0) is 36.2 Å². The molecule has 1 aliphatic heterocycles. The van der Waals surface area contributed by atoms with Crippen molar-refractivity contribution in [2.45, 2.75) is 11.1 Å². The van der Waals surface area contributed by atoms with Gasteiger partial charge in [-0.1, -0.05) is 12.1 Å². The lowest BCUT2D eigenvalue weighted by Crippen LogP contribution is -2.23. The van der Waals surface area contributed by atoms with E-state index in [0.717, 1.165) is 12.1 Å². The van der Waals surface area contributed by atoms with Crippen LogP contribution in [0.5, 0.6) is 0 Å². The van der Waals surface area contributed by atoms with E-state index in [0.29, 0.717) is 0 Å². The second-order valence-corrected chi connectivity index (χ2v) is 9.72. The highest BCUT2D eigenvalue weighted by molar-refractivity contribution is 8.00. The fourth-order valence-corrected chi connectivity index (χ4v) is 4.23. The molecular formula is C16H14F3N3O3S2. The van der Waals surface area contributed by atoms with Gasteiger partial charge in [-0.25, -0.2) is 4.21 Å². The molecular weight excluding hydrogens is 403 g/mol. The van der Waals surface area contributed by atoms with E-state index < -0.39 is 31.5 Å². The molecule has 0 aliphatic carbocycles. The average molecular weight is 417 g/mol.